The van der Waals surface area contributed by atoms with Gasteiger partial charge >= 0.3 is 0 Å². The number of rotatable bonds is 5. The van der Waals surface area contributed by atoms with Crippen molar-refractivity contribution in [2.45, 2.75) is 20.4 Å². The lowest BCUT2D eigenvalue weighted by atomic mass is 10.1. The molecular weight excluding hydrogens is 328 g/mol. The van der Waals surface area contributed by atoms with E-state index in [4.69, 9.17) is 9.47 Å². The molecule has 0 aliphatic carbocycles. The number of amides is 1. The van der Waals surface area contributed by atoms with E-state index >= 15 is 0 Å². The zero-order chi connectivity index (χ0) is 18.8. The van der Waals surface area contributed by atoms with E-state index in [1.807, 2.05) is 43.4 Å². The van der Waals surface area contributed by atoms with Crippen LogP contribution in [0.5, 0.6) is 11.5 Å². The van der Waals surface area contributed by atoms with Gasteiger partial charge in [0.1, 0.15) is 11.5 Å². The lowest BCUT2D eigenvalue weighted by Gasteiger charge is -2.11. The number of hydrogen-bond acceptors (Lipinski definition) is 3. The van der Waals surface area contributed by atoms with E-state index < -0.39 is 0 Å². The first-order valence-corrected chi connectivity index (χ1v) is 8.51. The van der Waals surface area contributed by atoms with Crippen LogP contribution in [0.1, 0.15) is 27.2 Å². The molecule has 3 aromatic rings. The van der Waals surface area contributed by atoms with E-state index in [1.165, 1.54) is 11.3 Å². The van der Waals surface area contributed by atoms with Crippen LogP contribution in [0.4, 0.5) is 0 Å². The molecule has 0 saturated carbocycles. The molecule has 0 bridgehead atoms. The molecule has 1 heterocycles. The Balaban J connectivity index is 1.80. The van der Waals surface area contributed by atoms with Crippen molar-refractivity contribution in [2.75, 3.05) is 14.2 Å². The van der Waals surface area contributed by atoms with E-state index in [1.54, 1.807) is 14.2 Å². The first-order valence-electron chi connectivity index (χ1n) is 8.51. The Morgan fingerprint density at radius 1 is 1.08 bits per heavy atom. The molecule has 1 aromatic heterocycles. The number of ether oxygens (including phenoxy) is 2. The molecular formula is C21H24N2O3. The standard InChI is InChI=1S/C21H24N2O3/c1-13-14(2)23(3)19-9-7-15(10-18(13)19)21(24)22-12-16-6-8-17(25-4)11-20(16)26-5/h6-11H,12H2,1-5H3,(H,22,24). The van der Waals surface area contributed by atoms with Crippen molar-refractivity contribution in [3.63, 3.8) is 0 Å². The minimum Gasteiger partial charge on any atom is -0.497 e. The van der Waals surface area contributed by atoms with Gasteiger partial charge in [-0.2, -0.15) is 0 Å². The smallest absolute Gasteiger partial charge is 0.251 e. The fourth-order valence-electron chi connectivity index (χ4n) is 3.17. The molecule has 1 amide bonds. The third-order valence-electron chi connectivity index (χ3n) is 5.00. The van der Waals surface area contributed by atoms with Crippen LogP contribution in [0.2, 0.25) is 0 Å². The van der Waals surface area contributed by atoms with Gasteiger partial charge in [0.2, 0.25) is 0 Å². The molecule has 136 valence electrons. The fourth-order valence-corrected chi connectivity index (χ4v) is 3.17. The van der Waals surface area contributed by atoms with Gasteiger partial charge in [-0.15, -0.1) is 0 Å². The van der Waals surface area contributed by atoms with Crippen LogP contribution >= 0.6 is 0 Å². The first-order chi connectivity index (χ1) is 12.5. The van der Waals surface area contributed by atoms with Crippen molar-refractivity contribution in [3.8, 4) is 11.5 Å². The summed E-state index contributed by atoms with van der Waals surface area (Å²) in [6.07, 6.45) is 0. The summed E-state index contributed by atoms with van der Waals surface area (Å²) in [7, 11) is 5.26. The average Bonchev–Trinajstić information content (AvgIpc) is 2.89. The number of methoxy groups -OCH3 is 2. The number of benzene rings is 2. The molecule has 0 unspecified atom stereocenters. The monoisotopic (exact) mass is 352 g/mol. The van der Waals surface area contributed by atoms with Crippen LogP contribution in [-0.2, 0) is 13.6 Å². The SMILES string of the molecule is COc1ccc(CNC(=O)c2ccc3c(c2)c(C)c(C)n3C)c(OC)c1. The molecule has 0 aliphatic rings. The Morgan fingerprint density at radius 3 is 2.54 bits per heavy atom. The maximum absolute atomic E-state index is 12.6. The van der Waals surface area contributed by atoms with Gasteiger partial charge in [0.25, 0.3) is 5.91 Å². The second-order valence-corrected chi connectivity index (χ2v) is 6.36. The van der Waals surface area contributed by atoms with E-state index in [-0.39, 0.29) is 5.91 Å². The molecule has 0 aliphatic heterocycles. The van der Waals surface area contributed by atoms with E-state index in [0.717, 1.165) is 22.2 Å². The summed E-state index contributed by atoms with van der Waals surface area (Å²) in [6.45, 7) is 4.56. The zero-order valence-electron chi connectivity index (χ0n) is 15.8. The van der Waals surface area contributed by atoms with Gasteiger partial charge in [-0.25, -0.2) is 0 Å². The van der Waals surface area contributed by atoms with Gasteiger partial charge in [0.05, 0.1) is 14.2 Å². The summed E-state index contributed by atoms with van der Waals surface area (Å²) in [5.74, 6) is 1.30. The van der Waals surface area contributed by atoms with Gasteiger partial charge in [0, 0.05) is 47.4 Å². The predicted octanol–water partition coefficient (Wildman–Crippen LogP) is 3.74. The van der Waals surface area contributed by atoms with Crippen molar-refractivity contribution in [2.24, 2.45) is 7.05 Å². The van der Waals surface area contributed by atoms with E-state index in [9.17, 15) is 4.79 Å². The number of carbonyl (C=O) groups is 1. The normalized spacial score (nSPS) is 10.8. The highest BCUT2D eigenvalue weighted by molar-refractivity contribution is 5.99. The lowest BCUT2D eigenvalue weighted by Crippen LogP contribution is -2.23. The number of hydrogen-bond donors (Lipinski definition) is 1. The van der Waals surface area contributed by atoms with Crippen molar-refractivity contribution in [1.29, 1.82) is 0 Å². The molecule has 0 saturated heterocycles. The summed E-state index contributed by atoms with van der Waals surface area (Å²) in [5, 5.41) is 4.08. The minimum absolute atomic E-state index is 0.106. The Morgan fingerprint density at radius 2 is 1.85 bits per heavy atom. The van der Waals surface area contributed by atoms with Crippen LogP contribution in [0.3, 0.4) is 0 Å². The van der Waals surface area contributed by atoms with Gasteiger partial charge in [-0.3, -0.25) is 4.79 Å². The molecule has 5 heteroatoms. The third kappa shape index (κ3) is 3.12. The average molecular weight is 352 g/mol. The highest BCUT2D eigenvalue weighted by Gasteiger charge is 2.13. The summed E-state index contributed by atoms with van der Waals surface area (Å²) in [4.78, 5) is 12.6. The highest BCUT2D eigenvalue weighted by atomic mass is 16.5. The lowest BCUT2D eigenvalue weighted by molar-refractivity contribution is 0.0951. The third-order valence-corrected chi connectivity index (χ3v) is 5.00. The molecule has 3 rings (SSSR count). The van der Waals surface area contributed by atoms with Gasteiger partial charge < -0.3 is 19.4 Å². The Hall–Kier alpha value is -2.95. The quantitative estimate of drug-likeness (QED) is 0.761. The van der Waals surface area contributed by atoms with Crippen LogP contribution in [0, 0.1) is 13.8 Å². The van der Waals surface area contributed by atoms with E-state index in [0.29, 0.717) is 17.9 Å². The maximum atomic E-state index is 12.6. The molecule has 1 N–H and O–H groups in total. The molecule has 2 aromatic carbocycles. The van der Waals surface area contributed by atoms with Crippen molar-refractivity contribution in [1.82, 2.24) is 9.88 Å². The molecule has 0 atom stereocenters. The van der Waals surface area contributed by atoms with Gasteiger partial charge in [-0.1, -0.05) is 0 Å². The molecule has 0 spiro atoms. The highest BCUT2D eigenvalue weighted by Crippen LogP contribution is 2.26. The summed E-state index contributed by atoms with van der Waals surface area (Å²) < 4.78 is 12.7. The molecule has 5 nitrogen and oxygen atoms in total. The summed E-state index contributed by atoms with van der Waals surface area (Å²) in [6, 6.07) is 11.4. The molecule has 0 radical (unpaired) electrons. The topological polar surface area (TPSA) is 52.5 Å². The second kappa shape index (κ2) is 7.12. The Bertz CT molecular complexity index is 973. The Labute approximate surface area is 153 Å². The summed E-state index contributed by atoms with van der Waals surface area (Å²) >= 11 is 0. The summed E-state index contributed by atoms with van der Waals surface area (Å²) in [5.41, 5.74) is 5.09. The predicted molar refractivity (Wildman–Crippen MR) is 103 cm³/mol. The van der Waals surface area contributed by atoms with Crippen LogP contribution in [-0.4, -0.2) is 24.7 Å². The largest absolute Gasteiger partial charge is 0.497 e. The van der Waals surface area contributed by atoms with E-state index in [2.05, 4.69) is 23.7 Å². The molecule has 26 heavy (non-hydrogen) atoms. The zero-order valence-corrected chi connectivity index (χ0v) is 15.8. The van der Waals surface area contributed by atoms with Gasteiger partial charge in [0.15, 0.2) is 0 Å². The van der Waals surface area contributed by atoms with Crippen LogP contribution < -0.4 is 14.8 Å². The molecule has 0 fully saturated rings. The van der Waals surface area contributed by atoms with Crippen molar-refractivity contribution >= 4 is 16.8 Å². The minimum atomic E-state index is -0.106. The number of nitrogens with zero attached hydrogens (tertiary/aromatic N) is 1. The first kappa shape index (κ1) is 17.9. The number of aryl methyl sites for hydroxylation is 2. The number of carbonyl (C=O) groups excluding carboxylic acids is 1. The van der Waals surface area contributed by atoms with Gasteiger partial charge in [-0.05, 0) is 49.7 Å². The van der Waals surface area contributed by atoms with Crippen LogP contribution in [0.15, 0.2) is 36.4 Å². The Kier molecular flexibility index (Phi) is 4.89. The fraction of sp³-hybridized carbons (Fsp3) is 0.286. The van der Waals surface area contributed by atoms with Crippen molar-refractivity contribution < 1.29 is 14.3 Å². The van der Waals surface area contributed by atoms with Crippen molar-refractivity contribution in [3.05, 3.63) is 58.8 Å². The maximum Gasteiger partial charge on any atom is 0.251 e. The number of fused-ring (bicyclic) bond motifs is 1. The number of aromatic nitrogens is 1. The second-order valence-electron chi connectivity index (χ2n) is 6.36. The number of nitrogens with one attached hydrogen (secondary N) is 1. The van der Waals surface area contributed by atoms with Crippen LogP contribution in [0.25, 0.3) is 10.9 Å².